The monoisotopic (exact) mass is 469 g/mol. The molecule has 2 heterocycles. The quantitative estimate of drug-likeness (QED) is 0.235. The molecule has 4 atom stereocenters. The molecule has 1 fully saturated rings. The van der Waals surface area contributed by atoms with Gasteiger partial charge in [0.25, 0.3) is 5.56 Å². The third-order valence-corrected chi connectivity index (χ3v) is 5.04. The highest BCUT2D eigenvalue weighted by molar-refractivity contribution is 7.46. The maximum Gasteiger partial charge on any atom is 0.469 e. The summed E-state index contributed by atoms with van der Waals surface area (Å²) in [5, 5.41) is 28.6. The zero-order chi connectivity index (χ0) is 23.9. The maximum atomic E-state index is 11.8. The van der Waals surface area contributed by atoms with Crippen LogP contribution in [0, 0.1) is 0 Å². The van der Waals surface area contributed by atoms with E-state index in [2.05, 4.69) is 30.2 Å². The van der Waals surface area contributed by atoms with Gasteiger partial charge in [-0.2, -0.15) is 0 Å². The number of phosphoric acid groups is 1. The number of ether oxygens (including phenoxy) is 1. The highest BCUT2D eigenvalue weighted by Gasteiger charge is 2.45. The maximum absolute atomic E-state index is 11.8. The number of aliphatic hydroxyl groups is 2. The molecule has 2 rings (SSSR count). The van der Waals surface area contributed by atoms with Crippen molar-refractivity contribution in [1.29, 1.82) is 0 Å². The van der Waals surface area contributed by atoms with E-state index in [9.17, 15) is 29.2 Å². The minimum Gasteiger partial charge on any atom is -0.477 e. The Bertz CT molecular complexity index is 886. The first kappa shape index (κ1) is 27.1. The molecule has 0 aromatic carbocycles. The van der Waals surface area contributed by atoms with Crippen LogP contribution in [-0.4, -0.2) is 90.1 Å². The molecule has 0 spiro atoms. The number of carboxylic acids is 1. The van der Waals surface area contributed by atoms with Crippen molar-refractivity contribution >= 4 is 13.8 Å². The SMILES string of the molecule is CCN(CC)CC.O=C(O)c1cn([C@@H]2O[C@H](COP(=O)(O)O)[C@@H](O)[C@H]2O)c(=O)[nH]c1=O. The van der Waals surface area contributed by atoms with Crippen molar-refractivity contribution in [3.05, 3.63) is 32.6 Å². The number of nitrogens with one attached hydrogen (secondary N) is 1. The smallest absolute Gasteiger partial charge is 0.469 e. The number of carbonyl (C=O) groups is 1. The number of H-pyrrole nitrogens is 1. The van der Waals surface area contributed by atoms with E-state index in [0.29, 0.717) is 10.8 Å². The summed E-state index contributed by atoms with van der Waals surface area (Å²) in [6.07, 6.45) is -5.83. The van der Waals surface area contributed by atoms with Crippen molar-refractivity contribution in [2.24, 2.45) is 0 Å². The van der Waals surface area contributed by atoms with Crippen LogP contribution in [0.4, 0.5) is 0 Å². The van der Waals surface area contributed by atoms with Gasteiger partial charge in [0.05, 0.1) is 6.61 Å². The second kappa shape index (κ2) is 11.6. The van der Waals surface area contributed by atoms with Gasteiger partial charge in [0.15, 0.2) is 6.23 Å². The lowest BCUT2D eigenvalue weighted by Crippen LogP contribution is -2.39. The van der Waals surface area contributed by atoms with Crippen molar-refractivity contribution in [3.63, 3.8) is 0 Å². The predicted molar refractivity (Wildman–Crippen MR) is 106 cm³/mol. The minimum absolute atomic E-state index is 0.538. The highest BCUT2D eigenvalue weighted by Crippen LogP contribution is 2.38. The number of aliphatic hydroxyl groups excluding tert-OH is 2. The van der Waals surface area contributed by atoms with Crippen LogP contribution in [0.1, 0.15) is 37.4 Å². The summed E-state index contributed by atoms with van der Waals surface area (Å²) in [6, 6.07) is 0. The molecule has 0 radical (unpaired) electrons. The summed E-state index contributed by atoms with van der Waals surface area (Å²) in [6.45, 7) is 9.32. The molecule has 31 heavy (non-hydrogen) atoms. The van der Waals surface area contributed by atoms with Gasteiger partial charge in [0, 0.05) is 6.20 Å². The van der Waals surface area contributed by atoms with Gasteiger partial charge in [-0.25, -0.2) is 14.2 Å². The lowest BCUT2D eigenvalue weighted by molar-refractivity contribution is -0.0544. The number of aromatic carboxylic acids is 1. The third kappa shape index (κ3) is 7.63. The summed E-state index contributed by atoms with van der Waals surface area (Å²) in [4.78, 5) is 55.4. The molecular formula is C16H28N3O11P. The van der Waals surface area contributed by atoms with Crippen molar-refractivity contribution in [2.75, 3.05) is 26.2 Å². The molecule has 1 saturated heterocycles. The first-order chi connectivity index (χ1) is 14.4. The third-order valence-electron chi connectivity index (χ3n) is 4.56. The van der Waals surface area contributed by atoms with Gasteiger partial charge in [-0.15, -0.1) is 0 Å². The van der Waals surface area contributed by atoms with Crippen molar-refractivity contribution in [2.45, 2.75) is 45.3 Å². The summed E-state index contributed by atoms with van der Waals surface area (Å²) < 4.78 is 20.5. The van der Waals surface area contributed by atoms with Crippen LogP contribution in [0.3, 0.4) is 0 Å². The zero-order valence-electron chi connectivity index (χ0n) is 17.2. The van der Waals surface area contributed by atoms with Crippen LogP contribution < -0.4 is 11.2 Å². The molecule has 0 unspecified atom stereocenters. The summed E-state index contributed by atoms with van der Waals surface area (Å²) in [5.41, 5.74) is -3.09. The van der Waals surface area contributed by atoms with Crippen molar-refractivity contribution < 1.29 is 43.7 Å². The average molecular weight is 469 g/mol. The Labute approximate surface area is 176 Å². The van der Waals surface area contributed by atoms with Gasteiger partial charge in [-0.05, 0) is 19.6 Å². The lowest BCUT2D eigenvalue weighted by atomic mass is 10.1. The molecule has 1 aliphatic heterocycles. The number of aromatic amines is 1. The fourth-order valence-corrected chi connectivity index (χ4v) is 3.11. The standard InChI is InChI=1S/C10H13N2O11P.C6H15N/c13-5-4(2-22-24(19,20)21)23-8(6(5)14)12-1-3(9(16)17)7(15)11-10(12)18;1-4-7(5-2)6-3/h1,4-6,8,13-14H,2H2,(H,16,17)(H,11,15,18)(H2,19,20,21);4-6H2,1-3H3/t4-,5-,6-,8-;/m1./s1. The lowest BCUT2D eigenvalue weighted by Gasteiger charge is -2.17. The predicted octanol–water partition coefficient (Wildman–Crippen LogP) is -1.69. The fourth-order valence-electron chi connectivity index (χ4n) is 2.76. The topological polar surface area (TPSA) is 212 Å². The molecule has 14 nitrogen and oxygen atoms in total. The molecule has 178 valence electrons. The molecule has 1 aliphatic rings. The Morgan fingerprint density at radius 2 is 1.74 bits per heavy atom. The van der Waals surface area contributed by atoms with Crippen LogP contribution in [0.15, 0.2) is 15.8 Å². The van der Waals surface area contributed by atoms with Gasteiger partial charge in [0.2, 0.25) is 0 Å². The normalized spacial score (nSPS) is 23.5. The van der Waals surface area contributed by atoms with E-state index in [0.717, 1.165) is 0 Å². The summed E-state index contributed by atoms with van der Waals surface area (Å²) in [5.74, 6) is -1.64. The average Bonchev–Trinajstić information content (AvgIpc) is 2.96. The molecule has 0 bridgehead atoms. The Morgan fingerprint density at radius 1 is 1.19 bits per heavy atom. The molecule has 0 amide bonds. The Balaban J connectivity index is 0.000000592. The largest absolute Gasteiger partial charge is 0.477 e. The summed E-state index contributed by atoms with van der Waals surface area (Å²) in [7, 11) is -4.86. The van der Waals surface area contributed by atoms with Crippen LogP contribution in [0.2, 0.25) is 0 Å². The van der Waals surface area contributed by atoms with Crippen LogP contribution >= 0.6 is 7.82 Å². The van der Waals surface area contributed by atoms with Gasteiger partial charge in [0.1, 0.15) is 23.9 Å². The highest BCUT2D eigenvalue weighted by atomic mass is 31.2. The molecule has 15 heteroatoms. The molecule has 1 aromatic rings. The van der Waals surface area contributed by atoms with Crippen LogP contribution in [-0.2, 0) is 13.8 Å². The first-order valence-electron chi connectivity index (χ1n) is 9.38. The molecule has 0 aliphatic carbocycles. The van der Waals surface area contributed by atoms with Gasteiger partial charge >= 0.3 is 19.5 Å². The number of hydrogen-bond donors (Lipinski definition) is 6. The van der Waals surface area contributed by atoms with E-state index in [1.54, 1.807) is 4.98 Å². The second-order valence-corrected chi connectivity index (χ2v) is 7.71. The molecule has 1 aromatic heterocycles. The van der Waals surface area contributed by atoms with E-state index in [-0.39, 0.29) is 0 Å². The Kier molecular flexibility index (Phi) is 10.2. The second-order valence-electron chi connectivity index (χ2n) is 6.47. The number of phosphoric ester groups is 1. The van der Waals surface area contributed by atoms with Crippen LogP contribution in [0.25, 0.3) is 0 Å². The van der Waals surface area contributed by atoms with Crippen LogP contribution in [0.5, 0.6) is 0 Å². The molecular weight excluding hydrogens is 441 g/mol. The zero-order valence-corrected chi connectivity index (χ0v) is 18.1. The van der Waals surface area contributed by atoms with Gasteiger partial charge < -0.3 is 34.7 Å². The fraction of sp³-hybridized carbons (Fsp3) is 0.688. The van der Waals surface area contributed by atoms with Crippen molar-refractivity contribution in [3.8, 4) is 0 Å². The van der Waals surface area contributed by atoms with E-state index in [4.69, 9.17) is 19.6 Å². The number of rotatable bonds is 8. The number of nitrogens with zero attached hydrogens (tertiary/aromatic N) is 2. The van der Waals surface area contributed by atoms with E-state index in [1.165, 1.54) is 19.6 Å². The van der Waals surface area contributed by atoms with Crippen molar-refractivity contribution in [1.82, 2.24) is 14.5 Å². The van der Waals surface area contributed by atoms with E-state index in [1.807, 2.05) is 0 Å². The number of hydrogen-bond acceptors (Lipinski definition) is 9. The minimum atomic E-state index is -4.86. The van der Waals surface area contributed by atoms with E-state index < -0.39 is 61.8 Å². The number of carboxylic acid groups (broad SMARTS) is 1. The Hall–Kier alpha value is -1.90. The van der Waals surface area contributed by atoms with Gasteiger partial charge in [-0.3, -0.25) is 18.9 Å². The van der Waals surface area contributed by atoms with E-state index >= 15 is 0 Å². The number of aromatic nitrogens is 2. The first-order valence-corrected chi connectivity index (χ1v) is 10.9. The molecule has 0 saturated carbocycles. The van der Waals surface area contributed by atoms with Gasteiger partial charge in [-0.1, -0.05) is 20.8 Å². The Morgan fingerprint density at radius 3 is 2.16 bits per heavy atom. The summed E-state index contributed by atoms with van der Waals surface area (Å²) >= 11 is 0. The molecule has 6 N–H and O–H groups in total.